The Bertz CT molecular complexity index is 866. The van der Waals surface area contributed by atoms with Gasteiger partial charge in [0.05, 0.1) is 4.92 Å². The number of carbonyl (C=O) groups is 2. The van der Waals surface area contributed by atoms with Crippen LogP contribution in [0, 0.1) is 15.9 Å². The van der Waals surface area contributed by atoms with Crippen LogP contribution in [0.5, 0.6) is 5.75 Å². The molecule has 2 aromatic rings. The topological polar surface area (TPSA) is 89.8 Å². The highest BCUT2D eigenvalue weighted by molar-refractivity contribution is 5.99. The molecule has 1 heterocycles. The van der Waals surface area contributed by atoms with E-state index in [0.29, 0.717) is 24.2 Å². The summed E-state index contributed by atoms with van der Waals surface area (Å²) >= 11 is 0. The second-order valence-electron chi connectivity index (χ2n) is 5.78. The van der Waals surface area contributed by atoms with Crippen molar-refractivity contribution >= 4 is 23.1 Å². The van der Waals surface area contributed by atoms with Crippen molar-refractivity contribution in [2.75, 3.05) is 18.1 Å². The van der Waals surface area contributed by atoms with Gasteiger partial charge >= 0.3 is 5.69 Å². The van der Waals surface area contributed by atoms with Crippen molar-refractivity contribution in [2.24, 2.45) is 0 Å². The summed E-state index contributed by atoms with van der Waals surface area (Å²) in [4.78, 5) is 35.8. The zero-order chi connectivity index (χ0) is 18.7. The van der Waals surface area contributed by atoms with Crippen LogP contribution >= 0.6 is 0 Å². The molecule has 26 heavy (non-hydrogen) atoms. The van der Waals surface area contributed by atoms with Crippen molar-refractivity contribution in [2.45, 2.75) is 12.8 Å². The molecule has 0 atom stereocenters. The summed E-state index contributed by atoms with van der Waals surface area (Å²) in [6.07, 6.45) is 1.32. The van der Waals surface area contributed by atoms with Crippen LogP contribution in [0.25, 0.3) is 0 Å². The third-order valence-electron chi connectivity index (χ3n) is 4.05. The molecule has 3 rings (SSSR count). The average molecular weight is 358 g/mol. The number of amides is 1. The molecular weight excluding hydrogens is 343 g/mol. The summed E-state index contributed by atoms with van der Waals surface area (Å²) in [5.41, 5.74) is 0.632. The summed E-state index contributed by atoms with van der Waals surface area (Å²) in [5.74, 6) is -1.37. The first kappa shape index (κ1) is 17.5. The molecular formula is C18H15FN2O5. The highest BCUT2D eigenvalue weighted by atomic mass is 19.1. The first-order chi connectivity index (χ1) is 12.5. The molecule has 2 aromatic carbocycles. The molecule has 0 aromatic heterocycles. The molecule has 0 spiro atoms. The molecule has 8 heteroatoms. The fourth-order valence-corrected chi connectivity index (χ4v) is 2.73. The van der Waals surface area contributed by atoms with Crippen LogP contribution in [0.3, 0.4) is 0 Å². The zero-order valence-electron chi connectivity index (χ0n) is 13.7. The fraction of sp³-hybridized carbons (Fsp3) is 0.222. The van der Waals surface area contributed by atoms with Gasteiger partial charge in [-0.2, -0.15) is 0 Å². The lowest BCUT2D eigenvalue weighted by Crippen LogP contribution is -2.23. The van der Waals surface area contributed by atoms with Crippen molar-refractivity contribution in [3.05, 3.63) is 64.0 Å². The Morgan fingerprint density at radius 2 is 1.96 bits per heavy atom. The number of benzene rings is 2. The van der Waals surface area contributed by atoms with Gasteiger partial charge in [0.15, 0.2) is 18.1 Å². The van der Waals surface area contributed by atoms with Gasteiger partial charge in [0.2, 0.25) is 5.91 Å². The fourth-order valence-electron chi connectivity index (χ4n) is 2.73. The molecule has 134 valence electrons. The number of Topliss-reactive ketones (excluding diaryl/α,β-unsaturated/α-hetero) is 1. The van der Waals surface area contributed by atoms with Gasteiger partial charge in [-0.05, 0) is 36.8 Å². The van der Waals surface area contributed by atoms with E-state index in [2.05, 4.69) is 0 Å². The molecule has 1 fully saturated rings. The van der Waals surface area contributed by atoms with Gasteiger partial charge in [0, 0.05) is 36.3 Å². The van der Waals surface area contributed by atoms with E-state index in [1.807, 2.05) is 0 Å². The van der Waals surface area contributed by atoms with E-state index in [-0.39, 0.29) is 11.7 Å². The SMILES string of the molecule is O=C(COc1cc(F)ccc1[N+](=O)[O-])c1ccc(N2CCCC2=O)cc1. The van der Waals surface area contributed by atoms with Gasteiger partial charge < -0.3 is 9.64 Å². The lowest BCUT2D eigenvalue weighted by molar-refractivity contribution is -0.385. The van der Waals surface area contributed by atoms with E-state index in [4.69, 9.17) is 4.74 Å². The van der Waals surface area contributed by atoms with E-state index in [1.165, 1.54) is 0 Å². The van der Waals surface area contributed by atoms with E-state index in [9.17, 15) is 24.1 Å². The number of anilines is 1. The molecule has 0 radical (unpaired) electrons. The maximum Gasteiger partial charge on any atom is 0.311 e. The maximum absolute atomic E-state index is 13.3. The van der Waals surface area contributed by atoms with Crippen molar-refractivity contribution in [1.82, 2.24) is 0 Å². The van der Waals surface area contributed by atoms with E-state index < -0.39 is 28.8 Å². The Morgan fingerprint density at radius 3 is 2.58 bits per heavy atom. The highest BCUT2D eigenvalue weighted by Crippen LogP contribution is 2.27. The number of nitro groups is 1. The third kappa shape index (κ3) is 3.69. The third-order valence-corrected chi connectivity index (χ3v) is 4.05. The monoisotopic (exact) mass is 358 g/mol. The molecule has 0 N–H and O–H groups in total. The summed E-state index contributed by atoms with van der Waals surface area (Å²) in [7, 11) is 0. The van der Waals surface area contributed by atoms with Gasteiger partial charge in [0.25, 0.3) is 0 Å². The summed E-state index contributed by atoms with van der Waals surface area (Å²) in [5, 5.41) is 10.9. The van der Waals surface area contributed by atoms with E-state index >= 15 is 0 Å². The molecule has 0 bridgehead atoms. The number of nitro benzene ring substituents is 1. The van der Waals surface area contributed by atoms with Crippen LogP contribution in [0.1, 0.15) is 23.2 Å². The quantitative estimate of drug-likeness (QED) is 0.450. The number of hydrogen-bond donors (Lipinski definition) is 0. The van der Waals surface area contributed by atoms with E-state index in [0.717, 1.165) is 24.6 Å². The number of halogens is 1. The number of rotatable bonds is 6. The Morgan fingerprint density at radius 1 is 1.23 bits per heavy atom. The van der Waals surface area contributed by atoms with Gasteiger partial charge in [-0.3, -0.25) is 19.7 Å². The number of hydrogen-bond acceptors (Lipinski definition) is 5. The number of carbonyl (C=O) groups excluding carboxylic acids is 2. The van der Waals surface area contributed by atoms with Crippen molar-refractivity contribution in [3.63, 3.8) is 0 Å². The smallest absolute Gasteiger partial charge is 0.311 e. The number of nitrogens with zero attached hydrogens (tertiary/aromatic N) is 2. The molecule has 1 aliphatic rings. The predicted octanol–water partition coefficient (Wildman–Crippen LogP) is 3.12. The Kier molecular flexibility index (Phi) is 4.92. The van der Waals surface area contributed by atoms with Crippen molar-refractivity contribution in [3.8, 4) is 5.75 Å². The summed E-state index contributed by atoms with van der Waals surface area (Å²) < 4.78 is 18.4. The van der Waals surface area contributed by atoms with Gasteiger partial charge in [-0.1, -0.05) is 0 Å². The van der Waals surface area contributed by atoms with Gasteiger partial charge in [-0.15, -0.1) is 0 Å². The second-order valence-corrected chi connectivity index (χ2v) is 5.78. The minimum Gasteiger partial charge on any atom is -0.478 e. The van der Waals surface area contributed by atoms with Crippen LogP contribution in [0.4, 0.5) is 15.8 Å². The lowest BCUT2D eigenvalue weighted by Gasteiger charge is -2.15. The minimum atomic E-state index is -0.707. The molecule has 0 saturated carbocycles. The second kappa shape index (κ2) is 7.30. The van der Waals surface area contributed by atoms with Crippen molar-refractivity contribution < 1.29 is 23.6 Å². The normalized spacial score (nSPS) is 13.7. The zero-order valence-corrected chi connectivity index (χ0v) is 13.7. The lowest BCUT2D eigenvalue weighted by atomic mass is 10.1. The first-order valence-electron chi connectivity index (χ1n) is 7.96. The number of ketones is 1. The highest BCUT2D eigenvalue weighted by Gasteiger charge is 2.22. The molecule has 1 saturated heterocycles. The Labute approximate surface area is 148 Å². The largest absolute Gasteiger partial charge is 0.478 e. The molecule has 0 aliphatic carbocycles. The Balaban J connectivity index is 1.68. The van der Waals surface area contributed by atoms with Crippen LogP contribution < -0.4 is 9.64 Å². The standard InChI is InChI=1S/C18H15FN2O5/c19-13-5-8-15(21(24)25)17(10-13)26-11-16(22)12-3-6-14(7-4-12)20-9-1-2-18(20)23/h3-8,10H,1-2,9,11H2. The maximum atomic E-state index is 13.3. The van der Waals surface area contributed by atoms with Gasteiger partial charge in [-0.25, -0.2) is 4.39 Å². The van der Waals surface area contributed by atoms with Crippen LogP contribution in [-0.2, 0) is 4.79 Å². The van der Waals surface area contributed by atoms with E-state index in [1.54, 1.807) is 29.2 Å². The first-order valence-corrected chi connectivity index (χ1v) is 7.96. The van der Waals surface area contributed by atoms with Crippen LogP contribution in [0.15, 0.2) is 42.5 Å². The summed E-state index contributed by atoms with van der Waals surface area (Å²) in [6, 6.07) is 9.26. The average Bonchev–Trinajstić information content (AvgIpc) is 3.05. The number of ether oxygens (including phenoxy) is 1. The molecule has 7 nitrogen and oxygen atoms in total. The Hall–Kier alpha value is -3.29. The summed E-state index contributed by atoms with van der Waals surface area (Å²) in [6.45, 7) is 0.185. The minimum absolute atomic E-state index is 0.0471. The van der Waals surface area contributed by atoms with Crippen molar-refractivity contribution in [1.29, 1.82) is 0 Å². The molecule has 1 aliphatic heterocycles. The van der Waals surface area contributed by atoms with Crippen LogP contribution in [0.2, 0.25) is 0 Å². The molecule has 0 unspecified atom stereocenters. The van der Waals surface area contributed by atoms with Gasteiger partial charge in [0.1, 0.15) is 5.82 Å². The predicted molar refractivity (Wildman–Crippen MR) is 90.9 cm³/mol. The molecule has 1 amide bonds. The van der Waals surface area contributed by atoms with Crippen LogP contribution in [-0.4, -0.2) is 29.8 Å².